The van der Waals surface area contributed by atoms with Gasteiger partial charge in [0.1, 0.15) is 0 Å². The molecule has 4 aromatic rings. The lowest BCUT2D eigenvalue weighted by atomic mass is 10.0. The number of non-ortho nitro benzene ring substituents is 1. The van der Waals surface area contributed by atoms with Crippen molar-refractivity contribution in [2.45, 2.75) is 12.8 Å². The van der Waals surface area contributed by atoms with Crippen LogP contribution in [0.25, 0.3) is 0 Å². The van der Waals surface area contributed by atoms with E-state index >= 15 is 0 Å². The van der Waals surface area contributed by atoms with Gasteiger partial charge in [-0.25, -0.2) is 0 Å². The zero-order valence-corrected chi connectivity index (χ0v) is 20.3. The highest BCUT2D eigenvalue weighted by Gasteiger charge is 2.11. The molecule has 38 heavy (non-hydrogen) atoms. The van der Waals surface area contributed by atoms with Gasteiger partial charge in [-0.05, 0) is 47.5 Å². The number of nitrogens with one attached hydrogen (secondary N) is 4. The van der Waals surface area contributed by atoms with Crippen LogP contribution in [0.2, 0.25) is 0 Å². The molecule has 4 N–H and O–H groups in total. The molecule has 0 radical (unpaired) electrons. The fourth-order valence-corrected chi connectivity index (χ4v) is 3.68. The molecular formula is C28H26N6O4-2. The van der Waals surface area contributed by atoms with Crippen molar-refractivity contribution in [2.75, 3.05) is 16.1 Å². The molecule has 0 aliphatic rings. The maximum atomic E-state index is 11.0. The molecule has 0 saturated carbocycles. The normalized spacial score (nSPS) is 11.2. The first-order valence-corrected chi connectivity index (χ1v) is 11.8. The van der Waals surface area contributed by atoms with Crippen molar-refractivity contribution in [2.24, 2.45) is 0 Å². The number of hydrazine groups is 2. The van der Waals surface area contributed by atoms with Crippen LogP contribution >= 0.6 is 0 Å². The number of benzene rings is 4. The summed E-state index contributed by atoms with van der Waals surface area (Å²) < 4.78 is 0. The number of nitro groups is 1. The largest absolute Gasteiger partial charge is 0.769 e. The van der Waals surface area contributed by atoms with Crippen molar-refractivity contribution in [1.82, 2.24) is 10.9 Å². The maximum absolute atomic E-state index is 11.0. The molecule has 0 heterocycles. The molecule has 0 bridgehead atoms. The van der Waals surface area contributed by atoms with E-state index < -0.39 is 10.1 Å². The highest BCUT2D eigenvalue weighted by Crippen LogP contribution is 2.19. The molecule has 0 spiro atoms. The smallest absolute Gasteiger partial charge is 0.269 e. The summed E-state index contributed by atoms with van der Waals surface area (Å²) in [4.78, 5) is 10.6. The Morgan fingerprint density at radius 2 is 1.05 bits per heavy atom. The number of nitrogens with zero attached hydrogens (tertiary/aromatic N) is 2. The van der Waals surface area contributed by atoms with E-state index in [2.05, 4.69) is 21.7 Å². The number of allylic oxidation sites excluding steroid dienone is 2. The van der Waals surface area contributed by atoms with Crippen LogP contribution in [0.15, 0.2) is 121 Å². The Morgan fingerprint density at radius 1 is 0.632 bits per heavy atom. The highest BCUT2D eigenvalue weighted by molar-refractivity contribution is 5.56. The maximum Gasteiger partial charge on any atom is 0.269 e. The number of anilines is 3. The van der Waals surface area contributed by atoms with Crippen molar-refractivity contribution < 1.29 is 4.92 Å². The quantitative estimate of drug-likeness (QED) is 0.141. The summed E-state index contributed by atoms with van der Waals surface area (Å²) in [6.07, 6.45) is 1.11. The van der Waals surface area contributed by atoms with Crippen LogP contribution in [-0.2, 0) is 12.8 Å². The van der Waals surface area contributed by atoms with Crippen LogP contribution in [0.5, 0.6) is 0 Å². The average Bonchev–Trinajstić information content (AvgIpc) is 2.95. The summed E-state index contributed by atoms with van der Waals surface area (Å²) in [5.41, 5.74) is 18.0. The van der Waals surface area contributed by atoms with Gasteiger partial charge in [0, 0.05) is 30.7 Å². The second kappa shape index (κ2) is 12.8. The van der Waals surface area contributed by atoms with Gasteiger partial charge < -0.3 is 37.3 Å². The van der Waals surface area contributed by atoms with E-state index in [4.69, 9.17) is 0 Å². The first-order chi connectivity index (χ1) is 18.5. The van der Waals surface area contributed by atoms with Gasteiger partial charge >= 0.3 is 0 Å². The van der Waals surface area contributed by atoms with Crippen LogP contribution in [0.3, 0.4) is 0 Å². The van der Waals surface area contributed by atoms with Gasteiger partial charge in [0.2, 0.25) is 0 Å². The van der Waals surface area contributed by atoms with Crippen LogP contribution in [0, 0.1) is 20.5 Å². The lowest BCUT2D eigenvalue weighted by molar-refractivity contribution is -0.384. The molecule has 0 fully saturated rings. The summed E-state index contributed by atoms with van der Waals surface area (Å²) in [5.74, 6) is 0. The van der Waals surface area contributed by atoms with E-state index in [0.29, 0.717) is 24.2 Å². The third-order valence-electron chi connectivity index (χ3n) is 5.68. The molecule has 0 aliphatic carbocycles. The molecule has 10 nitrogen and oxygen atoms in total. The molecule has 0 aliphatic heterocycles. The predicted molar refractivity (Wildman–Crippen MR) is 150 cm³/mol. The van der Waals surface area contributed by atoms with Gasteiger partial charge in [0.15, 0.2) is 0 Å². The topological polar surface area (TPSA) is 141 Å². The Balaban J connectivity index is 1.62. The van der Waals surface area contributed by atoms with Crippen LogP contribution < -0.4 is 26.9 Å². The highest BCUT2D eigenvalue weighted by atomic mass is 16.8. The second-order valence-corrected chi connectivity index (χ2v) is 8.39. The molecule has 10 heteroatoms. The first-order valence-electron chi connectivity index (χ1n) is 11.8. The zero-order valence-electron chi connectivity index (χ0n) is 20.3. The Hall–Kier alpha value is -5.06. The molecule has 0 atom stereocenters. The molecule has 4 rings (SSSR count). The molecule has 0 unspecified atom stereocenters. The lowest BCUT2D eigenvalue weighted by Crippen LogP contribution is -2.31. The molecule has 0 amide bonds. The molecule has 0 saturated heterocycles. The summed E-state index contributed by atoms with van der Waals surface area (Å²) >= 11 is 0. The van der Waals surface area contributed by atoms with Gasteiger partial charge in [-0.3, -0.25) is 10.1 Å². The van der Waals surface area contributed by atoms with Crippen molar-refractivity contribution in [3.8, 4) is 0 Å². The number of nitro benzene ring substituents is 1. The number of hydrogen-bond donors (Lipinski definition) is 4. The summed E-state index contributed by atoms with van der Waals surface area (Å²) in [6.45, 7) is 0. The van der Waals surface area contributed by atoms with E-state index in [1.54, 1.807) is 24.3 Å². The van der Waals surface area contributed by atoms with Gasteiger partial charge in [-0.1, -0.05) is 60.7 Å². The minimum absolute atomic E-state index is 0.00864. The first kappa shape index (κ1) is 26.0. The van der Waals surface area contributed by atoms with E-state index in [1.165, 1.54) is 24.3 Å². The minimum Gasteiger partial charge on any atom is -0.769 e. The minimum atomic E-state index is -0.441. The Morgan fingerprint density at radius 3 is 1.45 bits per heavy atom. The van der Waals surface area contributed by atoms with E-state index in [-0.39, 0.29) is 11.4 Å². The third-order valence-corrected chi connectivity index (χ3v) is 5.68. The Kier molecular flexibility index (Phi) is 8.74. The van der Waals surface area contributed by atoms with Crippen LogP contribution in [-0.4, -0.2) is 4.92 Å². The van der Waals surface area contributed by atoms with Crippen molar-refractivity contribution in [3.05, 3.63) is 152 Å². The number of rotatable bonds is 12. The molecular weight excluding hydrogens is 484 g/mol. The van der Waals surface area contributed by atoms with E-state index in [1.807, 2.05) is 60.7 Å². The Labute approximate surface area is 219 Å². The SMILES string of the molecule is O=[N+]([O-])c1ccc(NNC(Cc2ccccc2)=C(Cc2ccccc2)NNc2ccc(N([O-])[O-])cc2)cc1. The molecule has 0 aromatic heterocycles. The summed E-state index contributed by atoms with van der Waals surface area (Å²) in [6, 6.07) is 32.1. The molecule has 4 aromatic carbocycles. The van der Waals surface area contributed by atoms with Crippen molar-refractivity contribution in [1.29, 1.82) is 0 Å². The lowest BCUT2D eigenvalue weighted by Gasteiger charge is -2.37. The zero-order chi connectivity index (χ0) is 26.7. The number of hydrogen-bond acceptors (Lipinski definition) is 9. The van der Waals surface area contributed by atoms with Gasteiger partial charge in [0.25, 0.3) is 5.69 Å². The van der Waals surface area contributed by atoms with Crippen molar-refractivity contribution in [3.63, 3.8) is 0 Å². The van der Waals surface area contributed by atoms with Crippen LogP contribution in [0.1, 0.15) is 11.1 Å². The fourth-order valence-electron chi connectivity index (χ4n) is 3.68. The predicted octanol–water partition coefficient (Wildman–Crippen LogP) is 5.63. The van der Waals surface area contributed by atoms with Gasteiger partial charge in [0.05, 0.1) is 27.7 Å². The van der Waals surface area contributed by atoms with Crippen LogP contribution in [0.4, 0.5) is 22.7 Å². The molecule has 194 valence electrons. The monoisotopic (exact) mass is 510 g/mol. The van der Waals surface area contributed by atoms with Crippen molar-refractivity contribution >= 4 is 22.7 Å². The average molecular weight is 511 g/mol. The van der Waals surface area contributed by atoms with E-state index in [9.17, 15) is 20.5 Å². The van der Waals surface area contributed by atoms with E-state index in [0.717, 1.165) is 22.5 Å². The second-order valence-electron chi connectivity index (χ2n) is 8.39. The summed E-state index contributed by atoms with van der Waals surface area (Å²) in [7, 11) is 0. The standard InChI is InChI=1S/C28H26N6O4/c35-33(36)25-15-11-23(12-16-25)29-31-27(19-21-7-3-1-4-8-21)28(20-22-9-5-2-6-10-22)32-30-24-13-17-26(18-14-24)34(37)38/h1-18,29-32H,19-20H2/q-2. The third kappa shape index (κ3) is 7.47. The van der Waals surface area contributed by atoms with Gasteiger partial charge in [-0.2, -0.15) is 0 Å². The Bertz CT molecular complexity index is 1350. The van der Waals surface area contributed by atoms with Gasteiger partial charge in [-0.15, -0.1) is 0 Å². The summed E-state index contributed by atoms with van der Waals surface area (Å²) in [5, 5.41) is 32.6. The fraction of sp³-hybridized carbons (Fsp3) is 0.0714.